The Kier molecular flexibility index (Phi) is 7.10. The number of hydrogen-bond donors (Lipinski definition) is 0. The van der Waals surface area contributed by atoms with E-state index in [1.807, 2.05) is 84.5 Å². The Morgan fingerprint density at radius 3 is 2.29 bits per heavy atom. The molecule has 0 amide bonds. The number of pyridine rings is 1. The molecule has 1 fully saturated rings. The fraction of sp³-hybridized carbons (Fsp3) is 0.235. The first-order chi connectivity index (χ1) is 20.7. The van der Waals surface area contributed by atoms with Crippen LogP contribution < -0.4 is 14.4 Å². The van der Waals surface area contributed by atoms with Gasteiger partial charge in [-0.15, -0.1) is 0 Å². The van der Waals surface area contributed by atoms with Crippen molar-refractivity contribution in [3.05, 3.63) is 115 Å². The highest BCUT2D eigenvalue weighted by atomic mass is 16.7. The third-order valence-electron chi connectivity index (χ3n) is 7.83. The van der Waals surface area contributed by atoms with Crippen LogP contribution in [0.15, 0.2) is 104 Å². The quantitative estimate of drug-likeness (QED) is 0.205. The number of aryl methyl sites for hydroxylation is 1. The zero-order valence-electron chi connectivity index (χ0n) is 23.4. The maximum absolute atomic E-state index is 6.32. The highest BCUT2D eigenvalue weighted by Crippen LogP contribution is 2.37. The molecule has 7 rings (SSSR count). The number of ether oxygens (including phenoxy) is 4. The number of benzene rings is 3. The molecule has 0 saturated carbocycles. The molecule has 1 saturated heterocycles. The maximum Gasteiger partial charge on any atom is 0.244 e. The van der Waals surface area contributed by atoms with Crippen LogP contribution in [-0.4, -0.2) is 34.1 Å². The van der Waals surface area contributed by atoms with Crippen molar-refractivity contribution in [3.8, 4) is 23.0 Å². The van der Waals surface area contributed by atoms with Crippen molar-refractivity contribution in [1.82, 2.24) is 14.8 Å². The van der Waals surface area contributed by atoms with E-state index in [2.05, 4.69) is 23.1 Å². The lowest BCUT2D eigenvalue weighted by Crippen LogP contribution is -2.26. The van der Waals surface area contributed by atoms with E-state index < -0.39 is 0 Å². The molecule has 0 aliphatic carbocycles. The van der Waals surface area contributed by atoms with Crippen molar-refractivity contribution in [3.63, 3.8) is 0 Å². The number of rotatable bonds is 9. The van der Waals surface area contributed by atoms with E-state index in [0.717, 1.165) is 58.5 Å². The number of fused-ring (bicyclic) bond motifs is 1. The van der Waals surface area contributed by atoms with E-state index in [1.54, 1.807) is 12.5 Å². The van der Waals surface area contributed by atoms with Gasteiger partial charge >= 0.3 is 0 Å². The molecule has 2 aliphatic rings. The Morgan fingerprint density at radius 1 is 0.833 bits per heavy atom. The molecule has 0 N–H and O–H groups in total. The van der Waals surface area contributed by atoms with Gasteiger partial charge in [-0.05, 0) is 41.8 Å². The van der Waals surface area contributed by atoms with Gasteiger partial charge in [-0.2, -0.15) is 10.1 Å². The third-order valence-corrected chi connectivity index (χ3v) is 7.83. The molecule has 2 aliphatic heterocycles. The molecular formula is C34H32N4O4. The van der Waals surface area contributed by atoms with Gasteiger partial charge in [0.05, 0.1) is 17.0 Å². The Morgan fingerprint density at radius 2 is 1.55 bits per heavy atom. The summed E-state index contributed by atoms with van der Waals surface area (Å²) in [5, 5.41) is 5.97. The summed E-state index contributed by atoms with van der Waals surface area (Å²) in [6.45, 7) is 2.65. The van der Waals surface area contributed by atoms with Gasteiger partial charge in [0.15, 0.2) is 0 Å². The second-order valence-corrected chi connectivity index (χ2v) is 10.6. The molecule has 1 atom stereocenters. The highest BCUT2D eigenvalue weighted by molar-refractivity contribution is 5.96. The van der Waals surface area contributed by atoms with Gasteiger partial charge in [0, 0.05) is 37.3 Å². The van der Waals surface area contributed by atoms with Gasteiger partial charge in [0.2, 0.25) is 18.1 Å². The predicted octanol–water partition coefficient (Wildman–Crippen LogP) is 6.46. The normalized spacial score (nSPS) is 16.5. The molecule has 0 radical (unpaired) electrons. The second kappa shape index (κ2) is 11.5. The van der Waals surface area contributed by atoms with Crippen molar-refractivity contribution in [1.29, 1.82) is 0 Å². The van der Waals surface area contributed by atoms with E-state index in [9.17, 15) is 0 Å². The molecule has 2 aromatic heterocycles. The zero-order valence-corrected chi connectivity index (χ0v) is 23.4. The van der Waals surface area contributed by atoms with Crippen LogP contribution in [0.1, 0.15) is 17.5 Å². The minimum absolute atomic E-state index is 0.191. The van der Waals surface area contributed by atoms with Crippen LogP contribution in [0, 0.1) is 5.92 Å². The number of nitrogens with zero attached hydrogens (tertiary/aromatic N) is 4. The van der Waals surface area contributed by atoms with Crippen molar-refractivity contribution < 1.29 is 18.9 Å². The fourth-order valence-electron chi connectivity index (χ4n) is 5.61. The maximum atomic E-state index is 6.32. The Bertz CT molecular complexity index is 1700. The fourth-order valence-corrected chi connectivity index (χ4v) is 5.61. The monoisotopic (exact) mass is 560 g/mol. The minimum Gasteiger partial charge on any atom is -0.473 e. The van der Waals surface area contributed by atoms with Crippen molar-refractivity contribution in [2.24, 2.45) is 13.0 Å². The van der Waals surface area contributed by atoms with Gasteiger partial charge in [0.1, 0.15) is 31.4 Å². The van der Waals surface area contributed by atoms with Crippen LogP contribution in [-0.2, 0) is 29.7 Å². The summed E-state index contributed by atoms with van der Waals surface area (Å²) in [6, 6.07) is 30.5. The molecular weight excluding hydrogens is 528 g/mol. The standard InChI is InChI=1S/C34H32N4O4/c1-37-30-20-27(38-17-16-26(21-38)34-39-18-19-40-34)12-13-28(30)32(36-37)29-14-15-31(41-22-24-8-4-2-5-9-24)35-33(29)42-23-25-10-6-3-7-11-25/h2-15,18-20,26,34H,16-17,21-23H2,1H3. The number of anilines is 1. The smallest absolute Gasteiger partial charge is 0.244 e. The highest BCUT2D eigenvalue weighted by Gasteiger charge is 2.33. The minimum atomic E-state index is -0.191. The predicted molar refractivity (Wildman–Crippen MR) is 161 cm³/mol. The molecule has 1 unspecified atom stereocenters. The van der Waals surface area contributed by atoms with Crippen molar-refractivity contribution in [2.45, 2.75) is 25.9 Å². The molecule has 8 nitrogen and oxygen atoms in total. The first kappa shape index (κ1) is 26.0. The molecule has 42 heavy (non-hydrogen) atoms. The van der Waals surface area contributed by atoms with E-state index >= 15 is 0 Å². The second-order valence-electron chi connectivity index (χ2n) is 10.6. The Balaban J connectivity index is 1.17. The van der Waals surface area contributed by atoms with Crippen LogP contribution in [0.4, 0.5) is 5.69 Å². The van der Waals surface area contributed by atoms with Crippen LogP contribution in [0.3, 0.4) is 0 Å². The lowest BCUT2D eigenvalue weighted by atomic mass is 10.1. The van der Waals surface area contributed by atoms with E-state index in [0.29, 0.717) is 30.9 Å². The topological polar surface area (TPSA) is 70.9 Å². The molecule has 212 valence electrons. The first-order valence-corrected chi connectivity index (χ1v) is 14.2. The zero-order chi connectivity index (χ0) is 28.3. The lowest BCUT2D eigenvalue weighted by Gasteiger charge is -2.21. The third kappa shape index (κ3) is 5.35. The van der Waals surface area contributed by atoms with Crippen LogP contribution in [0.5, 0.6) is 11.8 Å². The van der Waals surface area contributed by atoms with Gasteiger partial charge in [-0.25, -0.2) is 0 Å². The largest absolute Gasteiger partial charge is 0.473 e. The number of hydrogen-bond acceptors (Lipinski definition) is 7. The molecule has 4 heterocycles. The summed E-state index contributed by atoms with van der Waals surface area (Å²) in [5.74, 6) is 1.32. The molecule has 0 spiro atoms. The molecule has 3 aromatic carbocycles. The molecule has 8 heteroatoms. The Hall–Kier alpha value is -4.98. The van der Waals surface area contributed by atoms with Crippen LogP contribution in [0.25, 0.3) is 22.2 Å². The first-order valence-electron chi connectivity index (χ1n) is 14.2. The molecule has 5 aromatic rings. The average Bonchev–Trinajstić information content (AvgIpc) is 3.81. The summed E-state index contributed by atoms with van der Waals surface area (Å²) in [6.07, 6.45) is 4.09. The summed E-state index contributed by atoms with van der Waals surface area (Å²) < 4.78 is 25.5. The van der Waals surface area contributed by atoms with E-state index in [1.165, 1.54) is 0 Å². The number of aromatic nitrogens is 3. The van der Waals surface area contributed by atoms with Gasteiger partial charge in [0.25, 0.3) is 0 Å². The lowest BCUT2D eigenvalue weighted by molar-refractivity contribution is -0.0601. The van der Waals surface area contributed by atoms with E-state index in [4.69, 9.17) is 29.0 Å². The molecule has 0 bridgehead atoms. The van der Waals surface area contributed by atoms with E-state index in [-0.39, 0.29) is 6.29 Å². The van der Waals surface area contributed by atoms with Gasteiger partial charge in [-0.1, -0.05) is 60.7 Å². The van der Waals surface area contributed by atoms with Gasteiger partial charge in [-0.3, -0.25) is 4.68 Å². The Labute approximate surface area is 244 Å². The SMILES string of the molecule is Cn1nc(-c2ccc(OCc3ccccc3)nc2OCc2ccccc2)c2ccc(N3CCC(C4OC=CO4)C3)cc21. The van der Waals surface area contributed by atoms with Crippen molar-refractivity contribution >= 4 is 16.6 Å². The average molecular weight is 561 g/mol. The summed E-state index contributed by atoms with van der Waals surface area (Å²) in [4.78, 5) is 7.18. The summed E-state index contributed by atoms with van der Waals surface area (Å²) >= 11 is 0. The van der Waals surface area contributed by atoms with Crippen molar-refractivity contribution in [2.75, 3.05) is 18.0 Å². The van der Waals surface area contributed by atoms with Crippen LogP contribution >= 0.6 is 0 Å². The summed E-state index contributed by atoms with van der Waals surface area (Å²) in [7, 11) is 1.98. The van der Waals surface area contributed by atoms with Crippen LogP contribution in [0.2, 0.25) is 0 Å². The summed E-state index contributed by atoms with van der Waals surface area (Å²) in [5.41, 5.74) is 5.98. The van der Waals surface area contributed by atoms with Gasteiger partial charge < -0.3 is 23.8 Å².